The van der Waals surface area contributed by atoms with Crippen molar-refractivity contribution in [2.24, 2.45) is 5.41 Å². The third-order valence-corrected chi connectivity index (χ3v) is 4.24. The van der Waals surface area contributed by atoms with Crippen molar-refractivity contribution in [3.05, 3.63) is 16.1 Å². The van der Waals surface area contributed by atoms with Crippen LogP contribution in [0.2, 0.25) is 0 Å². The van der Waals surface area contributed by atoms with Crippen molar-refractivity contribution in [2.75, 3.05) is 19.6 Å². The smallest absolute Gasteiger partial charge is 0.263 e. The van der Waals surface area contributed by atoms with E-state index in [0.29, 0.717) is 0 Å². The number of carbonyl (C=O) groups is 1. The Morgan fingerprint density at radius 3 is 3.12 bits per heavy atom. The molecule has 94 valence electrons. The molecule has 1 aliphatic heterocycles. The van der Waals surface area contributed by atoms with Crippen LogP contribution in [0.3, 0.4) is 0 Å². The van der Waals surface area contributed by atoms with Gasteiger partial charge in [-0.05, 0) is 31.7 Å². The van der Waals surface area contributed by atoms with Gasteiger partial charge < -0.3 is 10.6 Å². The molecular formula is C12H19N3OS. The number of nitrogens with one attached hydrogen (secondary N) is 2. The highest BCUT2D eigenvalue weighted by Crippen LogP contribution is 2.24. The maximum absolute atomic E-state index is 12.0. The number of nitrogens with zero attached hydrogens (tertiary/aromatic N) is 1. The quantitative estimate of drug-likeness (QED) is 0.860. The number of hydrogen-bond acceptors (Lipinski definition) is 4. The Hall–Kier alpha value is -0.940. The van der Waals surface area contributed by atoms with Gasteiger partial charge in [0, 0.05) is 13.1 Å². The summed E-state index contributed by atoms with van der Waals surface area (Å²) in [6, 6.07) is 0. The number of amides is 1. The number of aromatic nitrogens is 1. The van der Waals surface area contributed by atoms with E-state index in [0.717, 1.165) is 30.2 Å². The molecule has 1 fully saturated rings. The highest BCUT2D eigenvalue weighted by atomic mass is 32.1. The predicted molar refractivity (Wildman–Crippen MR) is 69.4 cm³/mol. The zero-order valence-electron chi connectivity index (χ0n) is 10.4. The molecule has 0 saturated carbocycles. The van der Waals surface area contributed by atoms with E-state index in [4.69, 9.17) is 0 Å². The molecule has 1 amide bonds. The maximum atomic E-state index is 12.0. The predicted octanol–water partition coefficient (Wildman–Crippen LogP) is 1.57. The molecular weight excluding hydrogens is 234 g/mol. The topological polar surface area (TPSA) is 54.0 Å². The van der Waals surface area contributed by atoms with Crippen molar-refractivity contribution in [3.8, 4) is 0 Å². The lowest BCUT2D eigenvalue weighted by atomic mass is 9.83. The van der Waals surface area contributed by atoms with Gasteiger partial charge in [0.2, 0.25) is 0 Å². The lowest BCUT2D eigenvalue weighted by Gasteiger charge is -2.34. The first-order chi connectivity index (χ1) is 8.11. The summed E-state index contributed by atoms with van der Waals surface area (Å²) in [4.78, 5) is 16.8. The first kappa shape index (κ1) is 12.5. The first-order valence-electron chi connectivity index (χ1n) is 6.00. The van der Waals surface area contributed by atoms with E-state index in [2.05, 4.69) is 22.5 Å². The zero-order chi connectivity index (χ0) is 12.3. The Balaban J connectivity index is 1.90. The molecule has 4 nitrogen and oxygen atoms in total. The van der Waals surface area contributed by atoms with Crippen molar-refractivity contribution in [2.45, 2.75) is 26.7 Å². The van der Waals surface area contributed by atoms with Gasteiger partial charge in [0.05, 0.1) is 11.2 Å². The minimum atomic E-state index is 0.0109. The van der Waals surface area contributed by atoms with Gasteiger partial charge in [0.15, 0.2) is 0 Å². The van der Waals surface area contributed by atoms with Crippen LogP contribution >= 0.6 is 11.3 Å². The van der Waals surface area contributed by atoms with Gasteiger partial charge >= 0.3 is 0 Å². The first-order valence-corrected chi connectivity index (χ1v) is 6.88. The second-order valence-electron chi connectivity index (χ2n) is 5.04. The van der Waals surface area contributed by atoms with E-state index >= 15 is 0 Å². The van der Waals surface area contributed by atoms with Gasteiger partial charge in [-0.3, -0.25) is 4.79 Å². The molecule has 0 spiro atoms. The van der Waals surface area contributed by atoms with Crippen molar-refractivity contribution >= 4 is 17.2 Å². The van der Waals surface area contributed by atoms with Crippen LogP contribution in [0.5, 0.6) is 0 Å². The van der Waals surface area contributed by atoms with Crippen LogP contribution in [0.15, 0.2) is 5.51 Å². The molecule has 0 radical (unpaired) electrons. The van der Waals surface area contributed by atoms with Gasteiger partial charge in [-0.1, -0.05) is 6.92 Å². The van der Waals surface area contributed by atoms with Crippen molar-refractivity contribution in [3.63, 3.8) is 0 Å². The number of aryl methyl sites for hydroxylation is 1. The van der Waals surface area contributed by atoms with Crippen molar-refractivity contribution in [1.29, 1.82) is 0 Å². The van der Waals surface area contributed by atoms with Crippen LogP contribution in [0.1, 0.15) is 35.1 Å². The number of piperidine rings is 1. The molecule has 1 aromatic heterocycles. The fourth-order valence-electron chi connectivity index (χ4n) is 2.16. The Morgan fingerprint density at radius 1 is 1.71 bits per heavy atom. The van der Waals surface area contributed by atoms with E-state index in [1.165, 1.54) is 24.2 Å². The standard InChI is InChI=1S/C12H19N3OS/c1-9-10(17-8-15-9)11(16)14-7-12(2)4-3-5-13-6-12/h8,13H,3-7H2,1-2H3,(H,14,16). The minimum Gasteiger partial charge on any atom is -0.351 e. The highest BCUT2D eigenvalue weighted by molar-refractivity contribution is 7.11. The van der Waals surface area contributed by atoms with Crippen LogP contribution in [0, 0.1) is 12.3 Å². The van der Waals surface area contributed by atoms with Crippen LogP contribution < -0.4 is 10.6 Å². The molecule has 1 aliphatic rings. The lowest BCUT2D eigenvalue weighted by Crippen LogP contribution is -2.45. The third-order valence-electron chi connectivity index (χ3n) is 3.31. The monoisotopic (exact) mass is 253 g/mol. The molecule has 1 saturated heterocycles. The van der Waals surface area contributed by atoms with Gasteiger partial charge in [-0.2, -0.15) is 0 Å². The molecule has 2 N–H and O–H groups in total. The van der Waals surface area contributed by atoms with Crippen molar-refractivity contribution in [1.82, 2.24) is 15.6 Å². The number of thiazole rings is 1. The molecule has 1 aromatic rings. The maximum Gasteiger partial charge on any atom is 0.263 e. The van der Waals surface area contributed by atoms with E-state index in [-0.39, 0.29) is 11.3 Å². The average Bonchev–Trinajstić information content (AvgIpc) is 2.74. The third kappa shape index (κ3) is 3.04. The molecule has 5 heteroatoms. The summed E-state index contributed by atoms with van der Waals surface area (Å²) >= 11 is 1.40. The summed E-state index contributed by atoms with van der Waals surface area (Å²) in [5, 5.41) is 6.41. The molecule has 2 rings (SSSR count). The van der Waals surface area contributed by atoms with Gasteiger partial charge in [-0.15, -0.1) is 11.3 Å². The minimum absolute atomic E-state index is 0.0109. The summed E-state index contributed by atoms with van der Waals surface area (Å²) < 4.78 is 0. The number of carbonyl (C=O) groups excluding carboxylic acids is 1. The molecule has 2 heterocycles. The Labute approximate surface area is 106 Å². The van der Waals surface area contributed by atoms with Crippen molar-refractivity contribution < 1.29 is 4.79 Å². The van der Waals surface area contributed by atoms with E-state index in [1.54, 1.807) is 5.51 Å². The van der Waals surface area contributed by atoms with E-state index < -0.39 is 0 Å². The Bertz CT molecular complexity index is 396. The summed E-state index contributed by atoms with van der Waals surface area (Å²) in [7, 11) is 0. The lowest BCUT2D eigenvalue weighted by molar-refractivity contribution is 0.0928. The zero-order valence-corrected chi connectivity index (χ0v) is 11.2. The number of hydrogen-bond donors (Lipinski definition) is 2. The fourth-order valence-corrected chi connectivity index (χ4v) is 2.88. The van der Waals surface area contributed by atoms with Gasteiger partial charge in [0.1, 0.15) is 4.88 Å². The van der Waals surface area contributed by atoms with Crippen LogP contribution in [0.25, 0.3) is 0 Å². The fraction of sp³-hybridized carbons (Fsp3) is 0.667. The summed E-state index contributed by atoms with van der Waals surface area (Å²) in [5.74, 6) is 0.0109. The second-order valence-corrected chi connectivity index (χ2v) is 5.90. The number of rotatable bonds is 3. The van der Waals surface area contributed by atoms with Crippen LogP contribution in [0.4, 0.5) is 0 Å². The summed E-state index contributed by atoms with van der Waals surface area (Å²) in [6.07, 6.45) is 2.36. The van der Waals surface area contributed by atoms with E-state index in [9.17, 15) is 4.79 Å². The Morgan fingerprint density at radius 2 is 2.53 bits per heavy atom. The average molecular weight is 253 g/mol. The van der Waals surface area contributed by atoms with E-state index in [1.807, 2.05) is 6.92 Å². The van der Waals surface area contributed by atoms with Gasteiger partial charge in [0.25, 0.3) is 5.91 Å². The van der Waals surface area contributed by atoms with Crippen LogP contribution in [-0.2, 0) is 0 Å². The largest absolute Gasteiger partial charge is 0.351 e. The Kier molecular flexibility index (Phi) is 3.79. The second kappa shape index (κ2) is 5.14. The normalized spacial score (nSPS) is 24.6. The SMILES string of the molecule is Cc1ncsc1C(=O)NCC1(C)CCCNC1. The molecule has 0 aromatic carbocycles. The molecule has 1 atom stereocenters. The summed E-state index contributed by atoms with van der Waals surface area (Å²) in [5.41, 5.74) is 2.72. The molecule has 17 heavy (non-hydrogen) atoms. The molecule has 0 bridgehead atoms. The molecule has 0 aliphatic carbocycles. The molecule has 1 unspecified atom stereocenters. The summed E-state index contributed by atoms with van der Waals surface area (Å²) in [6.45, 7) is 6.90. The van der Waals surface area contributed by atoms with Crippen LogP contribution in [-0.4, -0.2) is 30.5 Å². The van der Waals surface area contributed by atoms with Gasteiger partial charge in [-0.25, -0.2) is 4.98 Å². The highest BCUT2D eigenvalue weighted by Gasteiger charge is 2.27.